The Hall–Kier alpha value is -1.81. The van der Waals surface area contributed by atoms with Crippen molar-refractivity contribution in [2.75, 3.05) is 0 Å². The zero-order chi connectivity index (χ0) is 13.6. The first-order valence-electron chi connectivity index (χ1n) is 5.99. The zero-order valence-corrected chi connectivity index (χ0v) is 9.91. The average molecular weight is 264 g/mol. The van der Waals surface area contributed by atoms with Crippen LogP contribution in [0.15, 0.2) is 36.4 Å². The highest BCUT2D eigenvalue weighted by Gasteiger charge is 2.34. The van der Waals surface area contributed by atoms with Crippen LogP contribution >= 0.6 is 0 Å². The predicted octanol–water partition coefficient (Wildman–Crippen LogP) is 3.48. The van der Waals surface area contributed by atoms with Crippen LogP contribution in [-0.2, 0) is 6.42 Å². The van der Waals surface area contributed by atoms with E-state index in [1.807, 2.05) is 24.3 Å². The van der Waals surface area contributed by atoms with Gasteiger partial charge in [-0.1, -0.05) is 30.3 Å². The summed E-state index contributed by atoms with van der Waals surface area (Å²) in [5.41, 5.74) is 1.83. The van der Waals surface area contributed by atoms with Crippen LogP contribution in [0.4, 0.5) is 13.2 Å². The highest BCUT2D eigenvalue weighted by Crippen LogP contribution is 2.44. The molecule has 3 rings (SSSR count). The number of halogens is 3. The van der Waals surface area contributed by atoms with Crippen LogP contribution in [0.5, 0.6) is 0 Å². The fourth-order valence-corrected chi connectivity index (χ4v) is 2.57. The standard InChI is InChI=1S/C15H11F3O/c16-12-6-5-10(13(17)14(12)18)15(19)11-7-8-3-1-2-4-9(8)11/h1-6,11,15,19H,7H2. The van der Waals surface area contributed by atoms with Crippen molar-refractivity contribution in [2.45, 2.75) is 18.4 Å². The summed E-state index contributed by atoms with van der Waals surface area (Å²) in [6.07, 6.45) is -0.555. The first kappa shape index (κ1) is 12.2. The molecule has 0 saturated heterocycles. The lowest BCUT2D eigenvalue weighted by molar-refractivity contribution is 0.129. The zero-order valence-electron chi connectivity index (χ0n) is 9.91. The fourth-order valence-electron chi connectivity index (χ4n) is 2.57. The molecule has 1 aliphatic carbocycles. The molecule has 0 bridgehead atoms. The second-order valence-electron chi connectivity index (χ2n) is 4.72. The maximum absolute atomic E-state index is 13.6. The number of benzene rings is 2. The summed E-state index contributed by atoms with van der Waals surface area (Å²) < 4.78 is 39.7. The first-order chi connectivity index (χ1) is 9.09. The molecule has 0 radical (unpaired) electrons. The lowest BCUT2D eigenvalue weighted by Crippen LogP contribution is -2.24. The van der Waals surface area contributed by atoms with Crippen LogP contribution < -0.4 is 0 Å². The molecule has 0 spiro atoms. The van der Waals surface area contributed by atoms with Crippen molar-refractivity contribution in [3.05, 3.63) is 70.5 Å². The Labute approximate surface area is 108 Å². The van der Waals surface area contributed by atoms with Crippen molar-refractivity contribution in [3.8, 4) is 0 Å². The van der Waals surface area contributed by atoms with Crippen LogP contribution in [0.25, 0.3) is 0 Å². The summed E-state index contributed by atoms with van der Waals surface area (Å²) in [7, 11) is 0. The molecule has 4 heteroatoms. The summed E-state index contributed by atoms with van der Waals surface area (Å²) in [6, 6.07) is 9.43. The molecule has 0 fully saturated rings. The number of rotatable bonds is 2. The Morgan fingerprint density at radius 3 is 2.47 bits per heavy atom. The molecule has 1 aliphatic rings. The number of aliphatic hydroxyl groups is 1. The molecule has 2 aromatic rings. The summed E-state index contributed by atoms with van der Waals surface area (Å²) in [5, 5.41) is 10.2. The molecular formula is C15H11F3O. The van der Waals surface area contributed by atoms with Crippen LogP contribution in [-0.4, -0.2) is 5.11 Å². The number of hydrogen-bond acceptors (Lipinski definition) is 1. The van der Waals surface area contributed by atoms with Crippen molar-refractivity contribution >= 4 is 0 Å². The summed E-state index contributed by atoms with van der Waals surface area (Å²) >= 11 is 0. The van der Waals surface area contributed by atoms with Gasteiger partial charge in [0.25, 0.3) is 0 Å². The Morgan fingerprint density at radius 2 is 1.74 bits per heavy atom. The van der Waals surface area contributed by atoms with Gasteiger partial charge in [-0.15, -0.1) is 0 Å². The lowest BCUT2D eigenvalue weighted by atomic mass is 9.73. The van der Waals surface area contributed by atoms with E-state index < -0.39 is 23.6 Å². The monoisotopic (exact) mass is 264 g/mol. The van der Waals surface area contributed by atoms with E-state index in [9.17, 15) is 18.3 Å². The molecule has 0 saturated carbocycles. The Morgan fingerprint density at radius 1 is 1.00 bits per heavy atom. The van der Waals surface area contributed by atoms with E-state index in [-0.39, 0.29) is 11.5 Å². The molecule has 1 nitrogen and oxygen atoms in total. The third kappa shape index (κ3) is 1.83. The van der Waals surface area contributed by atoms with Crippen molar-refractivity contribution in [3.63, 3.8) is 0 Å². The predicted molar refractivity (Wildman–Crippen MR) is 64.2 cm³/mol. The van der Waals surface area contributed by atoms with Crippen molar-refractivity contribution < 1.29 is 18.3 Å². The quantitative estimate of drug-likeness (QED) is 0.823. The Balaban J connectivity index is 1.95. The van der Waals surface area contributed by atoms with E-state index in [4.69, 9.17) is 0 Å². The van der Waals surface area contributed by atoms with E-state index >= 15 is 0 Å². The normalized spacial score (nSPS) is 18.6. The minimum Gasteiger partial charge on any atom is -0.388 e. The van der Waals surface area contributed by atoms with Gasteiger partial charge in [0.2, 0.25) is 0 Å². The summed E-state index contributed by atoms with van der Waals surface area (Å²) in [5.74, 6) is -4.36. The van der Waals surface area contributed by atoms with E-state index in [0.29, 0.717) is 6.42 Å². The van der Waals surface area contributed by atoms with Gasteiger partial charge < -0.3 is 5.11 Å². The second kappa shape index (κ2) is 4.38. The van der Waals surface area contributed by atoms with Crippen LogP contribution in [0.1, 0.15) is 28.7 Å². The summed E-state index contributed by atoms with van der Waals surface area (Å²) in [4.78, 5) is 0. The molecule has 0 amide bonds. The lowest BCUT2D eigenvalue weighted by Gasteiger charge is -2.34. The molecule has 0 heterocycles. The minimum absolute atomic E-state index is 0.196. The van der Waals surface area contributed by atoms with Crippen LogP contribution in [0.3, 0.4) is 0 Å². The van der Waals surface area contributed by atoms with E-state index in [1.54, 1.807) is 0 Å². The van der Waals surface area contributed by atoms with Gasteiger partial charge in [0.1, 0.15) is 0 Å². The van der Waals surface area contributed by atoms with Crippen molar-refractivity contribution in [2.24, 2.45) is 0 Å². The molecular weight excluding hydrogens is 253 g/mol. The first-order valence-corrected chi connectivity index (χ1v) is 5.99. The van der Waals surface area contributed by atoms with Crippen LogP contribution in [0, 0.1) is 17.5 Å². The third-order valence-corrected chi connectivity index (χ3v) is 3.66. The highest BCUT2D eigenvalue weighted by molar-refractivity contribution is 5.42. The molecule has 2 unspecified atom stereocenters. The third-order valence-electron chi connectivity index (χ3n) is 3.66. The molecule has 2 atom stereocenters. The molecule has 0 aromatic heterocycles. The van der Waals surface area contributed by atoms with Gasteiger partial charge in [0.05, 0.1) is 6.10 Å². The maximum Gasteiger partial charge on any atom is 0.194 e. The van der Waals surface area contributed by atoms with Crippen LogP contribution in [0.2, 0.25) is 0 Å². The van der Waals surface area contributed by atoms with Gasteiger partial charge in [0, 0.05) is 11.5 Å². The fraction of sp³-hybridized carbons (Fsp3) is 0.200. The molecule has 98 valence electrons. The van der Waals surface area contributed by atoms with Gasteiger partial charge in [0.15, 0.2) is 17.5 Å². The average Bonchev–Trinajstić information content (AvgIpc) is 2.37. The Kier molecular flexibility index (Phi) is 2.82. The number of aliphatic hydroxyl groups excluding tert-OH is 1. The van der Waals surface area contributed by atoms with Gasteiger partial charge >= 0.3 is 0 Å². The van der Waals surface area contributed by atoms with E-state index in [2.05, 4.69) is 0 Å². The molecule has 19 heavy (non-hydrogen) atoms. The van der Waals surface area contributed by atoms with Gasteiger partial charge in [-0.2, -0.15) is 0 Å². The highest BCUT2D eigenvalue weighted by atomic mass is 19.2. The second-order valence-corrected chi connectivity index (χ2v) is 4.72. The van der Waals surface area contributed by atoms with E-state index in [0.717, 1.165) is 23.3 Å². The molecule has 2 aromatic carbocycles. The Bertz CT molecular complexity index is 639. The van der Waals surface area contributed by atoms with E-state index in [1.165, 1.54) is 0 Å². The molecule has 0 aliphatic heterocycles. The van der Waals surface area contributed by atoms with Gasteiger partial charge in [-0.25, -0.2) is 13.2 Å². The van der Waals surface area contributed by atoms with Crippen molar-refractivity contribution in [1.82, 2.24) is 0 Å². The minimum atomic E-state index is -1.54. The number of fused-ring (bicyclic) bond motifs is 1. The largest absolute Gasteiger partial charge is 0.388 e. The maximum atomic E-state index is 13.6. The van der Waals surface area contributed by atoms with Crippen molar-refractivity contribution in [1.29, 1.82) is 0 Å². The smallest absolute Gasteiger partial charge is 0.194 e. The SMILES string of the molecule is OC(c1ccc(F)c(F)c1F)C1Cc2ccccc21. The van der Waals surface area contributed by atoms with Gasteiger partial charge in [-0.05, 0) is 23.6 Å². The summed E-state index contributed by atoms with van der Waals surface area (Å²) in [6.45, 7) is 0. The number of hydrogen-bond donors (Lipinski definition) is 1. The molecule has 1 N–H and O–H groups in total. The van der Waals surface area contributed by atoms with Gasteiger partial charge in [-0.3, -0.25) is 0 Å². The topological polar surface area (TPSA) is 20.2 Å².